The average molecular weight is 222 g/mol. The van der Waals surface area contributed by atoms with E-state index < -0.39 is 0 Å². The summed E-state index contributed by atoms with van der Waals surface area (Å²) in [7, 11) is 0. The van der Waals surface area contributed by atoms with Gasteiger partial charge in [0, 0.05) is 19.4 Å². The third-order valence-corrected chi connectivity index (χ3v) is 3.50. The first-order valence-electron chi connectivity index (χ1n) is 6.14. The van der Waals surface area contributed by atoms with Gasteiger partial charge >= 0.3 is 0 Å². The van der Waals surface area contributed by atoms with E-state index in [0.29, 0.717) is 6.10 Å². The molecule has 0 saturated carbocycles. The van der Waals surface area contributed by atoms with Crippen molar-refractivity contribution in [3.05, 3.63) is 11.6 Å². The van der Waals surface area contributed by atoms with E-state index >= 15 is 0 Å². The Bertz CT molecular complexity index is 370. The molecule has 0 aromatic carbocycles. The maximum atomic E-state index is 6.11. The minimum Gasteiger partial charge on any atom is -0.378 e. The number of aryl methyl sites for hydroxylation is 1. The van der Waals surface area contributed by atoms with Gasteiger partial charge in [-0.2, -0.15) is 0 Å². The average Bonchev–Trinajstić information content (AvgIpc) is 2.90. The fourth-order valence-electron chi connectivity index (χ4n) is 2.66. The van der Waals surface area contributed by atoms with Gasteiger partial charge in [-0.15, -0.1) is 10.2 Å². The summed E-state index contributed by atoms with van der Waals surface area (Å²) in [6.45, 7) is 0.887. The second-order valence-corrected chi connectivity index (χ2v) is 4.70. The fourth-order valence-corrected chi connectivity index (χ4v) is 2.66. The molecule has 2 atom stereocenters. The van der Waals surface area contributed by atoms with Gasteiger partial charge in [0.05, 0.1) is 12.3 Å². The van der Waals surface area contributed by atoms with Gasteiger partial charge < -0.3 is 10.5 Å². The van der Waals surface area contributed by atoms with Gasteiger partial charge in [0.15, 0.2) is 0 Å². The highest BCUT2D eigenvalue weighted by Gasteiger charge is 2.25. The zero-order valence-electron chi connectivity index (χ0n) is 9.43. The van der Waals surface area contributed by atoms with Gasteiger partial charge in [-0.3, -0.25) is 4.57 Å². The second kappa shape index (κ2) is 4.14. The van der Waals surface area contributed by atoms with E-state index in [4.69, 9.17) is 10.5 Å². The molecule has 88 valence electrons. The first-order valence-corrected chi connectivity index (χ1v) is 6.14. The summed E-state index contributed by atoms with van der Waals surface area (Å²) in [5.74, 6) is 2.06. The van der Waals surface area contributed by atoms with E-state index in [1.165, 1.54) is 0 Å². The molecule has 2 N–H and O–H groups in total. The van der Waals surface area contributed by atoms with Crippen molar-refractivity contribution in [3.8, 4) is 0 Å². The van der Waals surface area contributed by atoms with Crippen molar-refractivity contribution in [2.24, 2.45) is 5.73 Å². The Morgan fingerprint density at radius 3 is 3.06 bits per heavy atom. The summed E-state index contributed by atoms with van der Waals surface area (Å²) >= 11 is 0. The summed E-state index contributed by atoms with van der Waals surface area (Å²) in [5, 5.41) is 8.49. The number of rotatable bonds is 2. The van der Waals surface area contributed by atoms with Crippen LogP contribution < -0.4 is 5.73 Å². The predicted molar refractivity (Wildman–Crippen MR) is 58.9 cm³/mol. The maximum Gasteiger partial charge on any atom is 0.136 e. The fraction of sp³-hybridized carbons (Fsp3) is 0.818. The normalized spacial score (nSPS) is 29.3. The maximum absolute atomic E-state index is 6.11. The van der Waals surface area contributed by atoms with Crippen LogP contribution in [0.15, 0.2) is 0 Å². The Morgan fingerprint density at radius 2 is 2.25 bits per heavy atom. The van der Waals surface area contributed by atoms with Crippen LogP contribution in [0.5, 0.6) is 0 Å². The van der Waals surface area contributed by atoms with Crippen LogP contribution in [-0.2, 0) is 17.6 Å². The summed E-state index contributed by atoms with van der Waals surface area (Å²) in [6, 6.07) is 0. The molecule has 0 spiro atoms. The third-order valence-electron chi connectivity index (χ3n) is 3.50. The number of nitrogens with zero attached hydrogens (tertiary/aromatic N) is 3. The van der Waals surface area contributed by atoms with Crippen molar-refractivity contribution in [1.82, 2.24) is 14.8 Å². The molecule has 3 rings (SSSR count). The molecular formula is C11H18N4O. The molecule has 5 nitrogen and oxygen atoms in total. The van der Waals surface area contributed by atoms with Crippen LogP contribution in [0, 0.1) is 0 Å². The van der Waals surface area contributed by atoms with Gasteiger partial charge in [0.1, 0.15) is 11.6 Å². The number of ether oxygens (including phenoxy) is 1. The van der Waals surface area contributed by atoms with E-state index in [-0.39, 0.29) is 6.17 Å². The van der Waals surface area contributed by atoms with Crippen molar-refractivity contribution in [1.29, 1.82) is 0 Å². The molecule has 0 amide bonds. The monoisotopic (exact) mass is 222 g/mol. The Balaban J connectivity index is 1.81. The van der Waals surface area contributed by atoms with Crippen LogP contribution in [0.25, 0.3) is 0 Å². The highest BCUT2D eigenvalue weighted by molar-refractivity contribution is 5.02. The minimum atomic E-state index is 0.0650. The molecule has 3 heterocycles. The highest BCUT2D eigenvalue weighted by Crippen LogP contribution is 2.23. The Kier molecular flexibility index (Phi) is 2.65. The molecule has 16 heavy (non-hydrogen) atoms. The van der Waals surface area contributed by atoms with E-state index in [9.17, 15) is 0 Å². The van der Waals surface area contributed by atoms with Crippen LogP contribution in [0.4, 0.5) is 0 Å². The van der Waals surface area contributed by atoms with Gasteiger partial charge in [-0.25, -0.2) is 0 Å². The summed E-state index contributed by atoms with van der Waals surface area (Å²) in [6.07, 6.45) is 6.71. The van der Waals surface area contributed by atoms with Gasteiger partial charge in [0.25, 0.3) is 0 Å². The molecule has 0 radical (unpaired) electrons. The lowest BCUT2D eigenvalue weighted by molar-refractivity contribution is 0.108. The van der Waals surface area contributed by atoms with Gasteiger partial charge in [-0.05, 0) is 25.7 Å². The summed E-state index contributed by atoms with van der Waals surface area (Å²) in [5.41, 5.74) is 6.11. The van der Waals surface area contributed by atoms with Crippen LogP contribution >= 0.6 is 0 Å². The highest BCUT2D eigenvalue weighted by atomic mass is 16.5. The van der Waals surface area contributed by atoms with Crippen molar-refractivity contribution in [3.63, 3.8) is 0 Å². The molecule has 2 aliphatic heterocycles. The van der Waals surface area contributed by atoms with Crippen molar-refractivity contribution < 1.29 is 4.74 Å². The number of hydrogen-bond acceptors (Lipinski definition) is 4. The van der Waals surface area contributed by atoms with Crippen LogP contribution in [-0.4, -0.2) is 27.5 Å². The molecule has 1 aromatic heterocycles. The van der Waals surface area contributed by atoms with E-state index in [0.717, 1.165) is 56.8 Å². The Labute approximate surface area is 95.0 Å². The summed E-state index contributed by atoms with van der Waals surface area (Å²) < 4.78 is 7.75. The molecule has 1 fully saturated rings. The van der Waals surface area contributed by atoms with Crippen LogP contribution in [0.3, 0.4) is 0 Å². The number of nitrogens with two attached hydrogens (primary N) is 1. The molecule has 0 aliphatic carbocycles. The van der Waals surface area contributed by atoms with Crippen LogP contribution in [0.2, 0.25) is 0 Å². The zero-order valence-corrected chi connectivity index (χ0v) is 9.43. The standard InChI is InChI=1S/C11H18N4O/c12-9-4-1-5-10-13-14-11(15(9)10)7-8-3-2-6-16-8/h8-9H,1-7,12H2. The smallest absolute Gasteiger partial charge is 0.136 e. The second-order valence-electron chi connectivity index (χ2n) is 4.70. The van der Waals surface area contributed by atoms with Crippen molar-refractivity contribution in [2.75, 3.05) is 6.61 Å². The van der Waals surface area contributed by atoms with E-state index in [2.05, 4.69) is 14.8 Å². The number of hydrogen-bond donors (Lipinski definition) is 1. The quantitative estimate of drug-likeness (QED) is 0.803. The molecule has 2 aliphatic rings. The number of aromatic nitrogens is 3. The lowest BCUT2D eigenvalue weighted by Crippen LogP contribution is -2.27. The van der Waals surface area contributed by atoms with Crippen molar-refractivity contribution >= 4 is 0 Å². The molecule has 2 unspecified atom stereocenters. The molecule has 1 saturated heterocycles. The van der Waals surface area contributed by atoms with E-state index in [1.54, 1.807) is 0 Å². The molecule has 5 heteroatoms. The third kappa shape index (κ3) is 1.74. The summed E-state index contributed by atoms with van der Waals surface area (Å²) in [4.78, 5) is 0. The van der Waals surface area contributed by atoms with Gasteiger partial charge in [0.2, 0.25) is 0 Å². The first kappa shape index (κ1) is 10.2. The SMILES string of the molecule is NC1CCCc2nnc(CC3CCCO3)n21. The molecule has 1 aromatic rings. The minimum absolute atomic E-state index is 0.0650. The van der Waals surface area contributed by atoms with E-state index in [1.807, 2.05) is 0 Å². The zero-order chi connectivity index (χ0) is 11.0. The Morgan fingerprint density at radius 1 is 1.31 bits per heavy atom. The van der Waals surface area contributed by atoms with Crippen molar-refractivity contribution in [2.45, 2.75) is 50.8 Å². The Hall–Kier alpha value is -0.940. The predicted octanol–water partition coefficient (Wildman–Crippen LogP) is 0.793. The molecular weight excluding hydrogens is 204 g/mol. The lowest BCUT2D eigenvalue weighted by atomic mass is 10.1. The topological polar surface area (TPSA) is 66.0 Å². The van der Waals surface area contributed by atoms with Crippen LogP contribution in [0.1, 0.15) is 43.5 Å². The number of fused-ring (bicyclic) bond motifs is 1. The lowest BCUT2D eigenvalue weighted by Gasteiger charge is -2.23. The largest absolute Gasteiger partial charge is 0.378 e. The molecule has 0 bridgehead atoms. The first-order chi connectivity index (χ1) is 7.84. The van der Waals surface area contributed by atoms with Gasteiger partial charge in [-0.1, -0.05) is 0 Å².